The van der Waals surface area contributed by atoms with Gasteiger partial charge in [-0.15, -0.1) is 23.5 Å². The molecule has 46 valence electrons. The lowest BCUT2D eigenvalue weighted by molar-refractivity contribution is 1.75. The van der Waals surface area contributed by atoms with E-state index in [0.29, 0.717) is 4.49 Å². The molecule has 0 unspecified atom stereocenters. The Morgan fingerprint density at radius 3 is 2.50 bits per heavy atom. The largest absolute Gasteiger partial charge is 0.145 e. The Bertz CT molecular complexity index is 109. The zero-order valence-corrected chi connectivity index (χ0v) is 7.13. The summed E-state index contributed by atoms with van der Waals surface area (Å²) in [5, 5.41) is 1.10. The van der Waals surface area contributed by atoms with Gasteiger partial charge in [0, 0.05) is 15.7 Å². The molecule has 0 aromatic carbocycles. The molecular formula is C4H4Cl2S2. The standard InChI is InChI=1S/C4H4Cl2S2/c5-4(6)3-1-7-2-8-3/h1-2H2. The first-order valence-electron chi connectivity index (χ1n) is 2.05. The van der Waals surface area contributed by atoms with Crippen LogP contribution in [0.2, 0.25) is 0 Å². The van der Waals surface area contributed by atoms with Gasteiger partial charge in [0.1, 0.15) is 4.49 Å². The Kier molecular flexibility index (Phi) is 2.90. The lowest BCUT2D eigenvalue weighted by Crippen LogP contribution is -1.70. The van der Waals surface area contributed by atoms with Gasteiger partial charge in [0.25, 0.3) is 0 Å². The molecule has 0 aromatic heterocycles. The van der Waals surface area contributed by atoms with E-state index in [1.807, 2.05) is 11.8 Å². The Hall–Kier alpha value is 1.02. The smallest absolute Gasteiger partial charge is 0.117 e. The molecule has 1 aliphatic heterocycles. The number of hydrogen-bond acceptors (Lipinski definition) is 2. The summed E-state index contributed by atoms with van der Waals surface area (Å²) in [6.07, 6.45) is 0. The summed E-state index contributed by atoms with van der Waals surface area (Å²) in [6.45, 7) is 0. The molecule has 0 spiro atoms. The van der Waals surface area contributed by atoms with Gasteiger partial charge in [0.15, 0.2) is 0 Å². The van der Waals surface area contributed by atoms with Gasteiger partial charge < -0.3 is 0 Å². The van der Waals surface area contributed by atoms with Gasteiger partial charge in [0.2, 0.25) is 0 Å². The van der Waals surface area contributed by atoms with Gasteiger partial charge in [0.05, 0.1) is 0 Å². The molecule has 0 nitrogen and oxygen atoms in total. The summed E-state index contributed by atoms with van der Waals surface area (Å²) in [6, 6.07) is 0. The van der Waals surface area contributed by atoms with Crippen molar-refractivity contribution in [1.29, 1.82) is 0 Å². The van der Waals surface area contributed by atoms with Gasteiger partial charge in [-0.05, 0) is 0 Å². The second-order valence-corrected chi connectivity index (χ2v) is 4.66. The monoisotopic (exact) mass is 186 g/mol. The van der Waals surface area contributed by atoms with E-state index in [1.54, 1.807) is 11.8 Å². The van der Waals surface area contributed by atoms with E-state index < -0.39 is 0 Å². The summed E-state index contributed by atoms with van der Waals surface area (Å²) in [4.78, 5) is 1.12. The van der Waals surface area contributed by atoms with Crippen LogP contribution in [-0.4, -0.2) is 10.8 Å². The van der Waals surface area contributed by atoms with E-state index in [-0.39, 0.29) is 0 Å². The van der Waals surface area contributed by atoms with Crippen molar-refractivity contribution in [2.24, 2.45) is 0 Å². The highest BCUT2D eigenvalue weighted by Gasteiger charge is 2.10. The van der Waals surface area contributed by atoms with Crippen LogP contribution in [-0.2, 0) is 0 Å². The summed E-state index contributed by atoms with van der Waals surface area (Å²) >= 11 is 14.6. The highest BCUT2D eigenvalue weighted by molar-refractivity contribution is 8.21. The van der Waals surface area contributed by atoms with Crippen LogP contribution in [0.1, 0.15) is 0 Å². The van der Waals surface area contributed by atoms with Gasteiger partial charge in [-0.25, -0.2) is 0 Å². The lowest BCUT2D eigenvalue weighted by atomic mass is 10.7. The summed E-state index contributed by atoms with van der Waals surface area (Å²) < 4.78 is 0.444. The minimum absolute atomic E-state index is 0.444. The van der Waals surface area contributed by atoms with Crippen LogP contribution in [0.15, 0.2) is 9.40 Å². The van der Waals surface area contributed by atoms with Crippen LogP contribution in [0.25, 0.3) is 0 Å². The fraction of sp³-hybridized carbons (Fsp3) is 0.500. The maximum Gasteiger partial charge on any atom is 0.117 e. The molecule has 1 saturated heterocycles. The number of rotatable bonds is 0. The van der Waals surface area contributed by atoms with Crippen molar-refractivity contribution in [1.82, 2.24) is 0 Å². The maximum absolute atomic E-state index is 5.49. The Morgan fingerprint density at radius 2 is 2.25 bits per heavy atom. The van der Waals surface area contributed by atoms with Crippen LogP contribution < -0.4 is 0 Å². The summed E-state index contributed by atoms with van der Waals surface area (Å²) in [5.41, 5.74) is 0. The summed E-state index contributed by atoms with van der Waals surface area (Å²) in [7, 11) is 0. The van der Waals surface area contributed by atoms with Gasteiger partial charge >= 0.3 is 0 Å². The second-order valence-electron chi connectivity index (χ2n) is 1.29. The minimum atomic E-state index is 0.444. The normalized spacial score (nSPS) is 19.5. The molecule has 4 heteroatoms. The Morgan fingerprint density at radius 1 is 1.50 bits per heavy atom. The predicted octanol–water partition coefficient (Wildman–Crippen LogP) is 3.07. The molecule has 0 aromatic rings. The van der Waals surface area contributed by atoms with Crippen molar-refractivity contribution in [3.63, 3.8) is 0 Å². The van der Waals surface area contributed by atoms with Crippen molar-refractivity contribution in [3.05, 3.63) is 9.40 Å². The van der Waals surface area contributed by atoms with Gasteiger partial charge in [-0.2, -0.15) is 0 Å². The van der Waals surface area contributed by atoms with E-state index in [0.717, 1.165) is 15.7 Å². The highest BCUT2D eigenvalue weighted by Crippen LogP contribution is 2.37. The molecule has 0 amide bonds. The second kappa shape index (κ2) is 3.25. The molecule has 8 heavy (non-hydrogen) atoms. The van der Waals surface area contributed by atoms with Crippen LogP contribution >= 0.6 is 46.7 Å². The van der Waals surface area contributed by atoms with Crippen molar-refractivity contribution in [2.75, 3.05) is 10.8 Å². The fourth-order valence-electron chi connectivity index (χ4n) is 0.398. The topological polar surface area (TPSA) is 0 Å². The predicted molar refractivity (Wildman–Crippen MR) is 43.6 cm³/mol. The molecule has 0 aliphatic carbocycles. The van der Waals surface area contributed by atoms with Crippen molar-refractivity contribution in [2.45, 2.75) is 0 Å². The van der Waals surface area contributed by atoms with Crippen molar-refractivity contribution >= 4 is 46.7 Å². The molecule has 1 fully saturated rings. The van der Waals surface area contributed by atoms with Crippen LogP contribution in [0.5, 0.6) is 0 Å². The number of hydrogen-bond donors (Lipinski definition) is 0. The number of thioether (sulfide) groups is 2. The molecule has 0 N–H and O–H groups in total. The van der Waals surface area contributed by atoms with Crippen LogP contribution in [0.3, 0.4) is 0 Å². The molecule has 0 bridgehead atoms. The Balaban J connectivity index is 2.58. The zero-order valence-electron chi connectivity index (χ0n) is 3.99. The maximum atomic E-state index is 5.49. The lowest BCUT2D eigenvalue weighted by Gasteiger charge is -1.88. The quantitative estimate of drug-likeness (QED) is 0.571. The summed E-state index contributed by atoms with van der Waals surface area (Å²) in [5.74, 6) is 0.993. The van der Waals surface area contributed by atoms with Crippen molar-refractivity contribution < 1.29 is 0 Å². The highest BCUT2D eigenvalue weighted by atomic mass is 35.5. The van der Waals surface area contributed by atoms with Gasteiger partial charge in [-0.1, -0.05) is 23.2 Å². The van der Waals surface area contributed by atoms with E-state index in [2.05, 4.69) is 0 Å². The molecular weight excluding hydrogens is 183 g/mol. The van der Waals surface area contributed by atoms with Crippen LogP contribution in [0, 0.1) is 0 Å². The average Bonchev–Trinajstić information content (AvgIpc) is 2.12. The Labute approximate surface area is 67.0 Å². The zero-order chi connectivity index (χ0) is 5.98. The van der Waals surface area contributed by atoms with Crippen LogP contribution in [0.4, 0.5) is 0 Å². The third kappa shape index (κ3) is 1.76. The molecule has 0 saturated carbocycles. The average molecular weight is 187 g/mol. The molecule has 0 atom stereocenters. The van der Waals surface area contributed by atoms with Gasteiger partial charge in [-0.3, -0.25) is 0 Å². The first-order chi connectivity index (χ1) is 3.80. The first kappa shape index (κ1) is 7.13. The van der Waals surface area contributed by atoms with E-state index >= 15 is 0 Å². The minimum Gasteiger partial charge on any atom is -0.145 e. The van der Waals surface area contributed by atoms with Crippen molar-refractivity contribution in [3.8, 4) is 0 Å². The van der Waals surface area contributed by atoms with E-state index in [9.17, 15) is 0 Å². The van der Waals surface area contributed by atoms with E-state index in [1.165, 1.54) is 0 Å². The molecule has 1 aliphatic rings. The number of halogens is 2. The third-order valence-corrected chi connectivity index (χ3v) is 3.95. The third-order valence-electron chi connectivity index (χ3n) is 0.760. The van der Waals surface area contributed by atoms with E-state index in [4.69, 9.17) is 23.2 Å². The first-order valence-corrected chi connectivity index (χ1v) is 4.95. The molecule has 1 heterocycles. The SMILES string of the molecule is ClC(Cl)=C1CSCS1. The molecule has 0 radical (unpaired) electrons. The fourth-order valence-corrected chi connectivity index (χ4v) is 3.28. The molecule has 1 rings (SSSR count).